The zero-order chi connectivity index (χ0) is 26.3. The van der Waals surface area contributed by atoms with E-state index in [2.05, 4.69) is 10.3 Å². The number of benzene rings is 3. The van der Waals surface area contributed by atoms with Crippen LogP contribution in [0.2, 0.25) is 0 Å². The summed E-state index contributed by atoms with van der Waals surface area (Å²) in [7, 11) is 0. The molecular weight excluding hydrogens is 488 g/mol. The van der Waals surface area contributed by atoms with Crippen molar-refractivity contribution in [3.8, 4) is 17.1 Å². The highest BCUT2D eigenvalue weighted by molar-refractivity contribution is 5.95. The monoisotopic (exact) mass is 510 g/mol. The van der Waals surface area contributed by atoms with Gasteiger partial charge < -0.3 is 15.3 Å². The van der Waals surface area contributed by atoms with Crippen molar-refractivity contribution < 1.29 is 27.5 Å². The number of alkyl halides is 3. The molecule has 1 saturated heterocycles. The highest BCUT2D eigenvalue weighted by Gasteiger charge is 2.35. The number of para-hydroxylation sites is 1. The Kier molecular flexibility index (Phi) is 6.18. The first-order chi connectivity index (χ1) is 17.6. The van der Waals surface area contributed by atoms with E-state index in [4.69, 9.17) is 4.98 Å². The number of phenols is 1. The fourth-order valence-electron chi connectivity index (χ4n) is 4.47. The van der Waals surface area contributed by atoms with Crippen molar-refractivity contribution in [3.05, 3.63) is 83.2 Å². The summed E-state index contributed by atoms with van der Waals surface area (Å²) in [4.78, 5) is 24.1. The Balaban J connectivity index is 1.42. The first-order valence-electron chi connectivity index (χ1n) is 11.6. The van der Waals surface area contributed by atoms with Crippen LogP contribution in [0.5, 0.6) is 5.75 Å². The van der Waals surface area contributed by atoms with E-state index in [0.29, 0.717) is 54.4 Å². The minimum atomic E-state index is -4.90. The lowest BCUT2D eigenvalue weighted by Crippen LogP contribution is -2.37. The van der Waals surface area contributed by atoms with Crippen LogP contribution < -0.4 is 10.2 Å². The van der Waals surface area contributed by atoms with Crippen LogP contribution in [0.1, 0.15) is 27.9 Å². The summed E-state index contributed by atoms with van der Waals surface area (Å²) in [6.45, 7) is 2.84. The molecule has 190 valence electrons. The van der Waals surface area contributed by atoms with Crippen LogP contribution in [0.4, 0.5) is 23.4 Å². The standard InChI is InChI=1S/C27H22F4N4O2/c1-15-6-8-18-22(12-15)33-24(19-4-2-3-5-23(19)36)34-25(18)35-11-10-17(14-35)32-26(37)16-7-9-21(28)20(13-16)27(29,30)31/h2-9,12-13,17,36H,10-11,14H2,1H3,(H,32,37)/t17-/m1/s1. The number of halogens is 4. The predicted octanol–water partition coefficient (Wildman–Crippen LogP) is 5.48. The van der Waals surface area contributed by atoms with Crippen molar-refractivity contribution >= 4 is 22.6 Å². The van der Waals surface area contributed by atoms with E-state index in [9.17, 15) is 27.5 Å². The van der Waals surface area contributed by atoms with Crippen LogP contribution in [0, 0.1) is 12.7 Å². The van der Waals surface area contributed by atoms with E-state index in [1.807, 2.05) is 30.0 Å². The molecule has 1 fully saturated rings. The number of carbonyl (C=O) groups excluding carboxylic acids is 1. The molecule has 2 N–H and O–H groups in total. The van der Waals surface area contributed by atoms with Crippen molar-refractivity contribution in [3.63, 3.8) is 0 Å². The number of aromatic nitrogens is 2. The summed E-state index contributed by atoms with van der Waals surface area (Å²) >= 11 is 0. The van der Waals surface area contributed by atoms with Gasteiger partial charge in [-0.2, -0.15) is 13.2 Å². The van der Waals surface area contributed by atoms with Crippen molar-refractivity contribution in [2.45, 2.75) is 25.6 Å². The van der Waals surface area contributed by atoms with Crippen LogP contribution >= 0.6 is 0 Å². The molecule has 6 nitrogen and oxygen atoms in total. The van der Waals surface area contributed by atoms with E-state index in [-0.39, 0.29) is 17.4 Å². The molecular formula is C27H22F4N4O2. The average Bonchev–Trinajstić information content (AvgIpc) is 3.31. The molecule has 1 atom stereocenters. The molecule has 0 aliphatic carbocycles. The normalized spacial score (nSPS) is 15.8. The molecule has 1 aliphatic rings. The fourth-order valence-corrected chi connectivity index (χ4v) is 4.47. The number of nitrogens with one attached hydrogen (secondary N) is 1. The average molecular weight is 510 g/mol. The van der Waals surface area contributed by atoms with Crippen molar-refractivity contribution in [2.24, 2.45) is 0 Å². The quantitative estimate of drug-likeness (QED) is 0.356. The number of aromatic hydroxyl groups is 1. The number of nitrogens with zero attached hydrogens (tertiary/aromatic N) is 3. The molecule has 2 heterocycles. The molecule has 0 unspecified atom stereocenters. The lowest BCUT2D eigenvalue weighted by molar-refractivity contribution is -0.140. The largest absolute Gasteiger partial charge is 0.507 e. The maximum Gasteiger partial charge on any atom is 0.419 e. The molecule has 5 rings (SSSR count). The van der Waals surface area contributed by atoms with Gasteiger partial charge >= 0.3 is 6.18 Å². The van der Waals surface area contributed by atoms with Gasteiger partial charge in [0, 0.05) is 30.1 Å². The Morgan fingerprint density at radius 2 is 1.86 bits per heavy atom. The van der Waals surface area contributed by atoms with Crippen LogP contribution in [0.3, 0.4) is 0 Å². The maximum atomic E-state index is 13.6. The Bertz CT molecular complexity index is 1510. The first kappa shape index (κ1) is 24.5. The lowest BCUT2D eigenvalue weighted by atomic mass is 10.1. The number of hydrogen-bond acceptors (Lipinski definition) is 5. The van der Waals surface area contributed by atoms with E-state index < -0.39 is 23.5 Å². The molecule has 1 aliphatic heterocycles. The summed E-state index contributed by atoms with van der Waals surface area (Å²) in [6.07, 6.45) is -4.37. The van der Waals surface area contributed by atoms with Crippen molar-refractivity contribution in [1.29, 1.82) is 0 Å². The number of phenolic OH excluding ortho intramolecular Hbond substituents is 1. The van der Waals surface area contributed by atoms with Crippen LogP contribution in [-0.2, 0) is 6.18 Å². The van der Waals surface area contributed by atoms with Gasteiger partial charge in [-0.15, -0.1) is 0 Å². The second kappa shape index (κ2) is 9.34. The van der Waals surface area contributed by atoms with Crippen LogP contribution in [0.25, 0.3) is 22.3 Å². The number of fused-ring (bicyclic) bond motifs is 1. The number of hydrogen-bond donors (Lipinski definition) is 2. The van der Waals surface area contributed by atoms with Gasteiger partial charge in [-0.3, -0.25) is 4.79 Å². The van der Waals surface area contributed by atoms with E-state index in [0.717, 1.165) is 17.0 Å². The molecule has 0 spiro atoms. The zero-order valence-corrected chi connectivity index (χ0v) is 19.7. The topological polar surface area (TPSA) is 78.4 Å². The zero-order valence-electron chi connectivity index (χ0n) is 19.7. The van der Waals surface area contributed by atoms with E-state index >= 15 is 0 Å². The van der Waals surface area contributed by atoms with Gasteiger partial charge in [0.1, 0.15) is 17.4 Å². The molecule has 1 aromatic heterocycles. The van der Waals surface area contributed by atoms with Crippen molar-refractivity contribution in [2.75, 3.05) is 18.0 Å². The summed E-state index contributed by atoms with van der Waals surface area (Å²) in [5.41, 5.74) is 0.434. The summed E-state index contributed by atoms with van der Waals surface area (Å²) < 4.78 is 52.8. The maximum absolute atomic E-state index is 13.6. The first-order valence-corrected chi connectivity index (χ1v) is 11.6. The fraction of sp³-hybridized carbons (Fsp3) is 0.222. The Morgan fingerprint density at radius 3 is 2.62 bits per heavy atom. The van der Waals surface area contributed by atoms with Gasteiger partial charge in [-0.25, -0.2) is 14.4 Å². The minimum Gasteiger partial charge on any atom is -0.507 e. The number of amides is 1. The Hall–Kier alpha value is -4.21. The molecule has 3 aromatic carbocycles. The van der Waals surface area contributed by atoms with Crippen molar-refractivity contribution in [1.82, 2.24) is 15.3 Å². The SMILES string of the molecule is Cc1ccc2c(N3CC[C@@H](NC(=O)c4ccc(F)c(C(F)(F)F)c4)C3)nc(-c3ccccc3O)nc2c1. The third-order valence-corrected chi connectivity index (χ3v) is 6.33. The van der Waals surface area contributed by atoms with Gasteiger partial charge in [0.15, 0.2) is 5.82 Å². The highest BCUT2D eigenvalue weighted by atomic mass is 19.4. The number of carbonyl (C=O) groups is 1. The molecule has 4 aromatic rings. The summed E-state index contributed by atoms with van der Waals surface area (Å²) in [6, 6.07) is 14.4. The summed E-state index contributed by atoms with van der Waals surface area (Å²) in [5, 5.41) is 13.9. The third-order valence-electron chi connectivity index (χ3n) is 6.33. The summed E-state index contributed by atoms with van der Waals surface area (Å²) in [5.74, 6) is -1.12. The molecule has 0 saturated carbocycles. The van der Waals surface area contributed by atoms with Gasteiger partial charge in [0.05, 0.1) is 16.6 Å². The second-order valence-corrected chi connectivity index (χ2v) is 9.01. The van der Waals surface area contributed by atoms with Crippen LogP contribution in [-0.4, -0.2) is 40.1 Å². The smallest absolute Gasteiger partial charge is 0.419 e. The third kappa shape index (κ3) is 4.91. The number of rotatable bonds is 4. The molecule has 1 amide bonds. The minimum absolute atomic E-state index is 0.0459. The van der Waals surface area contributed by atoms with Gasteiger partial charge in [0.25, 0.3) is 5.91 Å². The Labute approximate surface area is 209 Å². The highest BCUT2D eigenvalue weighted by Crippen LogP contribution is 2.34. The Morgan fingerprint density at radius 1 is 1.08 bits per heavy atom. The molecule has 0 radical (unpaired) electrons. The van der Waals surface area contributed by atoms with Gasteiger partial charge in [0.2, 0.25) is 0 Å². The predicted molar refractivity (Wildman–Crippen MR) is 131 cm³/mol. The van der Waals surface area contributed by atoms with Gasteiger partial charge in [-0.05, 0) is 61.4 Å². The molecule has 10 heteroatoms. The number of anilines is 1. The second-order valence-electron chi connectivity index (χ2n) is 9.01. The van der Waals surface area contributed by atoms with Crippen LogP contribution in [0.15, 0.2) is 60.7 Å². The molecule has 37 heavy (non-hydrogen) atoms. The van der Waals surface area contributed by atoms with E-state index in [1.54, 1.807) is 24.3 Å². The lowest BCUT2D eigenvalue weighted by Gasteiger charge is -2.21. The molecule has 0 bridgehead atoms. The number of aryl methyl sites for hydroxylation is 1. The van der Waals surface area contributed by atoms with Gasteiger partial charge in [-0.1, -0.05) is 18.2 Å². The van der Waals surface area contributed by atoms with E-state index in [1.165, 1.54) is 0 Å².